The molecule has 17 heavy (non-hydrogen) atoms. The Morgan fingerprint density at radius 3 is 2.12 bits per heavy atom. The molecule has 0 radical (unpaired) electrons. The Morgan fingerprint density at radius 2 is 1.65 bits per heavy atom. The largest absolute Gasteiger partial charge is 0.355 e. The summed E-state index contributed by atoms with van der Waals surface area (Å²) in [7, 11) is 3.29. The van der Waals surface area contributed by atoms with E-state index in [1.54, 1.807) is 14.2 Å². The molecule has 1 N–H and O–H groups in total. The van der Waals surface area contributed by atoms with Crippen molar-refractivity contribution in [1.82, 2.24) is 5.32 Å². The van der Waals surface area contributed by atoms with Gasteiger partial charge in [-0.15, -0.1) is 0 Å². The fraction of sp³-hybridized carbons (Fsp3) is 0.571. The van der Waals surface area contributed by atoms with Crippen LogP contribution in [0.15, 0.2) is 24.3 Å². The third kappa shape index (κ3) is 4.86. The summed E-state index contributed by atoms with van der Waals surface area (Å²) >= 11 is 0. The second-order valence-corrected chi connectivity index (χ2v) is 4.43. The van der Waals surface area contributed by atoms with Crippen LogP contribution < -0.4 is 5.32 Å². The molecule has 0 fully saturated rings. The van der Waals surface area contributed by atoms with Gasteiger partial charge in [-0.25, -0.2) is 0 Å². The lowest BCUT2D eigenvalue weighted by atomic mass is 10.0. The number of hydrogen-bond acceptors (Lipinski definition) is 3. The van der Waals surface area contributed by atoms with Gasteiger partial charge >= 0.3 is 0 Å². The number of methoxy groups -OCH3 is 2. The average Bonchev–Trinajstić information content (AvgIpc) is 2.35. The van der Waals surface area contributed by atoms with Gasteiger partial charge in [0.25, 0.3) is 0 Å². The zero-order valence-corrected chi connectivity index (χ0v) is 11.2. The van der Waals surface area contributed by atoms with E-state index < -0.39 is 0 Å². The van der Waals surface area contributed by atoms with E-state index in [-0.39, 0.29) is 6.29 Å². The lowest BCUT2D eigenvalue weighted by molar-refractivity contribution is -0.0989. The van der Waals surface area contributed by atoms with Crippen LogP contribution in [0.5, 0.6) is 0 Å². The Labute approximate surface area is 104 Å². The summed E-state index contributed by atoms with van der Waals surface area (Å²) in [6.07, 6.45) is -0.176. The van der Waals surface area contributed by atoms with Gasteiger partial charge in [0, 0.05) is 27.3 Å². The highest BCUT2D eigenvalue weighted by Crippen LogP contribution is 2.14. The first kappa shape index (κ1) is 14.2. The topological polar surface area (TPSA) is 30.5 Å². The molecule has 0 saturated heterocycles. The lowest BCUT2D eigenvalue weighted by Crippen LogP contribution is -2.29. The number of hydrogen-bond donors (Lipinski definition) is 1. The number of benzene rings is 1. The smallest absolute Gasteiger partial charge is 0.169 e. The van der Waals surface area contributed by atoms with Gasteiger partial charge in [0.05, 0.1) is 0 Å². The van der Waals surface area contributed by atoms with Crippen LogP contribution in [-0.4, -0.2) is 27.1 Å². The van der Waals surface area contributed by atoms with E-state index in [1.165, 1.54) is 11.1 Å². The zero-order chi connectivity index (χ0) is 12.7. The standard InChI is InChI=1S/C14H23NO2/c1-11(2)13-7-5-12(6-8-13)9-15-10-14(16-3)17-4/h5-8,11,14-15H,9-10H2,1-4H3. The molecule has 0 bridgehead atoms. The molecule has 0 aliphatic heterocycles. The minimum Gasteiger partial charge on any atom is -0.355 e. The van der Waals surface area contributed by atoms with E-state index in [1.807, 2.05) is 0 Å². The highest BCUT2D eigenvalue weighted by atomic mass is 16.7. The van der Waals surface area contributed by atoms with Crippen LogP contribution >= 0.6 is 0 Å². The summed E-state index contributed by atoms with van der Waals surface area (Å²) in [5.41, 5.74) is 2.65. The SMILES string of the molecule is COC(CNCc1ccc(C(C)C)cc1)OC. The fourth-order valence-electron chi connectivity index (χ4n) is 1.62. The molecule has 0 atom stereocenters. The van der Waals surface area contributed by atoms with Crippen molar-refractivity contribution in [3.05, 3.63) is 35.4 Å². The van der Waals surface area contributed by atoms with Crippen LogP contribution in [0.3, 0.4) is 0 Å². The van der Waals surface area contributed by atoms with Crippen molar-refractivity contribution < 1.29 is 9.47 Å². The molecule has 1 rings (SSSR count). The van der Waals surface area contributed by atoms with Crippen LogP contribution in [0, 0.1) is 0 Å². The van der Waals surface area contributed by atoms with Crippen LogP contribution in [0.1, 0.15) is 30.9 Å². The van der Waals surface area contributed by atoms with Gasteiger partial charge in [-0.05, 0) is 17.0 Å². The van der Waals surface area contributed by atoms with Gasteiger partial charge in [0.15, 0.2) is 6.29 Å². The fourth-order valence-corrected chi connectivity index (χ4v) is 1.62. The van der Waals surface area contributed by atoms with Crippen molar-refractivity contribution in [3.8, 4) is 0 Å². The van der Waals surface area contributed by atoms with Crippen molar-refractivity contribution >= 4 is 0 Å². The Morgan fingerprint density at radius 1 is 1.06 bits per heavy atom. The third-order valence-corrected chi connectivity index (χ3v) is 2.81. The molecule has 3 nitrogen and oxygen atoms in total. The Balaban J connectivity index is 2.37. The summed E-state index contributed by atoms with van der Waals surface area (Å²) in [5, 5.41) is 3.30. The predicted molar refractivity (Wildman–Crippen MR) is 70.0 cm³/mol. The second-order valence-electron chi connectivity index (χ2n) is 4.43. The summed E-state index contributed by atoms with van der Waals surface area (Å²) in [4.78, 5) is 0. The molecular weight excluding hydrogens is 214 g/mol. The quantitative estimate of drug-likeness (QED) is 0.739. The van der Waals surface area contributed by atoms with Gasteiger partial charge in [0.1, 0.15) is 0 Å². The summed E-state index contributed by atoms with van der Waals surface area (Å²) in [6, 6.07) is 8.70. The molecular formula is C14H23NO2. The van der Waals surface area contributed by atoms with Crippen LogP contribution in [-0.2, 0) is 16.0 Å². The molecule has 0 aliphatic carbocycles. The Bertz CT molecular complexity index is 305. The summed E-state index contributed by atoms with van der Waals surface area (Å²) in [6.45, 7) is 5.94. The van der Waals surface area contributed by atoms with E-state index in [0.717, 1.165) is 6.54 Å². The zero-order valence-electron chi connectivity index (χ0n) is 11.2. The summed E-state index contributed by atoms with van der Waals surface area (Å²) < 4.78 is 10.2. The molecule has 1 aromatic rings. The van der Waals surface area contributed by atoms with Crippen LogP contribution in [0.4, 0.5) is 0 Å². The highest BCUT2D eigenvalue weighted by Gasteiger charge is 2.04. The van der Waals surface area contributed by atoms with Crippen molar-refractivity contribution in [3.63, 3.8) is 0 Å². The van der Waals surface area contributed by atoms with Gasteiger partial charge in [-0.1, -0.05) is 38.1 Å². The number of nitrogens with one attached hydrogen (secondary N) is 1. The monoisotopic (exact) mass is 237 g/mol. The molecule has 3 heteroatoms. The normalized spacial score (nSPS) is 11.4. The molecule has 0 heterocycles. The lowest BCUT2D eigenvalue weighted by Gasteiger charge is -2.14. The average molecular weight is 237 g/mol. The number of ether oxygens (including phenoxy) is 2. The molecule has 96 valence electrons. The second kappa shape index (κ2) is 7.43. The van der Waals surface area contributed by atoms with E-state index in [0.29, 0.717) is 12.5 Å². The Kier molecular flexibility index (Phi) is 6.19. The minimum atomic E-state index is -0.176. The van der Waals surface area contributed by atoms with Crippen LogP contribution in [0.25, 0.3) is 0 Å². The summed E-state index contributed by atoms with van der Waals surface area (Å²) in [5.74, 6) is 0.586. The minimum absolute atomic E-state index is 0.176. The molecule has 0 aromatic heterocycles. The molecule has 0 amide bonds. The first-order valence-electron chi connectivity index (χ1n) is 6.02. The van der Waals surface area contributed by atoms with Crippen molar-refractivity contribution in [1.29, 1.82) is 0 Å². The number of rotatable bonds is 7. The molecule has 0 aliphatic rings. The van der Waals surface area contributed by atoms with Gasteiger partial charge in [-0.2, -0.15) is 0 Å². The van der Waals surface area contributed by atoms with Crippen molar-refractivity contribution in [2.45, 2.75) is 32.6 Å². The van der Waals surface area contributed by atoms with E-state index in [9.17, 15) is 0 Å². The van der Waals surface area contributed by atoms with E-state index in [2.05, 4.69) is 43.4 Å². The third-order valence-electron chi connectivity index (χ3n) is 2.81. The van der Waals surface area contributed by atoms with Gasteiger partial charge in [0.2, 0.25) is 0 Å². The molecule has 0 spiro atoms. The first-order valence-corrected chi connectivity index (χ1v) is 6.02. The van der Waals surface area contributed by atoms with E-state index in [4.69, 9.17) is 9.47 Å². The highest BCUT2D eigenvalue weighted by molar-refractivity contribution is 5.24. The molecule has 1 aromatic carbocycles. The van der Waals surface area contributed by atoms with Crippen LogP contribution in [0.2, 0.25) is 0 Å². The predicted octanol–water partition coefficient (Wildman–Crippen LogP) is 2.52. The Hall–Kier alpha value is -0.900. The van der Waals surface area contributed by atoms with Crippen molar-refractivity contribution in [2.24, 2.45) is 0 Å². The van der Waals surface area contributed by atoms with Gasteiger partial charge < -0.3 is 14.8 Å². The maximum absolute atomic E-state index is 5.10. The maximum Gasteiger partial charge on any atom is 0.169 e. The maximum atomic E-state index is 5.10. The van der Waals surface area contributed by atoms with Gasteiger partial charge in [-0.3, -0.25) is 0 Å². The molecule has 0 unspecified atom stereocenters. The van der Waals surface area contributed by atoms with E-state index >= 15 is 0 Å². The van der Waals surface area contributed by atoms with Crippen molar-refractivity contribution in [2.75, 3.05) is 20.8 Å². The molecule has 0 saturated carbocycles. The first-order chi connectivity index (χ1) is 8.17.